The van der Waals surface area contributed by atoms with Crippen molar-refractivity contribution >= 4 is 17.7 Å². The lowest BCUT2D eigenvalue weighted by molar-refractivity contribution is -0.139. The average Bonchev–Trinajstić information content (AvgIpc) is 3.19. The van der Waals surface area contributed by atoms with Crippen LogP contribution in [-0.4, -0.2) is 23.1 Å². The van der Waals surface area contributed by atoms with Crippen molar-refractivity contribution in [3.05, 3.63) is 29.8 Å². The van der Waals surface area contributed by atoms with Gasteiger partial charge in [-0.1, -0.05) is 39.0 Å². The molecule has 0 spiro atoms. The van der Waals surface area contributed by atoms with Crippen LogP contribution in [0.1, 0.15) is 39.2 Å². The first-order valence-corrected chi connectivity index (χ1v) is 7.19. The number of hydrogen-bond acceptors (Lipinski definition) is 2. The van der Waals surface area contributed by atoms with E-state index in [1.807, 2.05) is 24.3 Å². The van der Waals surface area contributed by atoms with Crippen LogP contribution >= 0.6 is 0 Å². The van der Waals surface area contributed by atoms with E-state index in [0.29, 0.717) is 5.69 Å². The molecule has 2 rings (SSSR count). The molecular weight excluding hydrogens is 268 g/mol. The fraction of sp³-hybridized carbons (Fsp3) is 0.500. The van der Waals surface area contributed by atoms with Gasteiger partial charge in [-0.05, 0) is 35.8 Å². The number of carbonyl (C=O) groups excluding carboxylic acids is 1. The number of carbonyl (C=O) groups is 2. The number of amides is 2. The Morgan fingerprint density at radius 1 is 1.24 bits per heavy atom. The number of hydrogen-bond donors (Lipinski definition) is 3. The highest BCUT2D eigenvalue weighted by Gasteiger charge is 2.37. The lowest BCUT2D eigenvalue weighted by atomic mass is 9.86. The third-order valence-corrected chi connectivity index (χ3v) is 3.63. The molecule has 21 heavy (non-hydrogen) atoms. The SMILES string of the molecule is CC(C)(C)c1ccccc1NC(=O)NC(C(=O)O)C1CC1. The van der Waals surface area contributed by atoms with Crippen molar-refractivity contribution in [1.29, 1.82) is 0 Å². The summed E-state index contributed by atoms with van der Waals surface area (Å²) in [7, 11) is 0. The van der Waals surface area contributed by atoms with Gasteiger partial charge < -0.3 is 15.7 Å². The molecule has 5 heteroatoms. The summed E-state index contributed by atoms with van der Waals surface area (Å²) in [6.45, 7) is 6.20. The topological polar surface area (TPSA) is 78.4 Å². The van der Waals surface area contributed by atoms with Crippen LogP contribution < -0.4 is 10.6 Å². The Kier molecular flexibility index (Phi) is 4.21. The zero-order valence-corrected chi connectivity index (χ0v) is 12.6. The fourth-order valence-corrected chi connectivity index (χ4v) is 2.36. The van der Waals surface area contributed by atoms with E-state index in [1.54, 1.807) is 0 Å². The maximum absolute atomic E-state index is 12.1. The highest BCUT2D eigenvalue weighted by atomic mass is 16.4. The monoisotopic (exact) mass is 290 g/mol. The van der Waals surface area contributed by atoms with Gasteiger partial charge in [0, 0.05) is 5.69 Å². The summed E-state index contributed by atoms with van der Waals surface area (Å²) < 4.78 is 0. The summed E-state index contributed by atoms with van der Waals surface area (Å²) in [5, 5.41) is 14.5. The molecule has 1 saturated carbocycles. The normalized spacial score (nSPS) is 16.1. The minimum atomic E-state index is -0.975. The predicted octanol–water partition coefficient (Wildman–Crippen LogP) is 2.97. The number of anilines is 1. The summed E-state index contributed by atoms with van der Waals surface area (Å²) in [6.07, 6.45) is 1.71. The van der Waals surface area contributed by atoms with Gasteiger partial charge in [-0.15, -0.1) is 0 Å². The van der Waals surface area contributed by atoms with Crippen molar-refractivity contribution in [2.75, 3.05) is 5.32 Å². The third-order valence-electron chi connectivity index (χ3n) is 3.63. The second kappa shape index (κ2) is 5.76. The first kappa shape index (κ1) is 15.4. The highest BCUT2D eigenvalue weighted by molar-refractivity contribution is 5.93. The number of carboxylic acids is 1. The molecule has 1 unspecified atom stereocenters. The zero-order valence-electron chi connectivity index (χ0n) is 12.6. The number of rotatable bonds is 4. The van der Waals surface area contributed by atoms with Crippen LogP contribution in [0.25, 0.3) is 0 Å². The lowest BCUT2D eigenvalue weighted by Crippen LogP contribution is -2.44. The number of nitrogens with one attached hydrogen (secondary N) is 2. The summed E-state index contributed by atoms with van der Waals surface area (Å²) >= 11 is 0. The van der Waals surface area contributed by atoms with Crippen molar-refractivity contribution in [3.63, 3.8) is 0 Å². The van der Waals surface area contributed by atoms with Crippen LogP contribution in [0.4, 0.5) is 10.5 Å². The Labute approximate surface area is 124 Å². The summed E-state index contributed by atoms with van der Waals surface area (Å²) in [4.78, 5) is 23.2. The van der Waals surface area contributed by atoms with Gasteiger partial charge in [-0.2, -0.15) is 0 Å². The van der Waals surface area contributed by atoms with E-state index in [9.17, 15) is 9.59 Å². The van der Waals surface area contributed by atoms with Crippen LogP contribution in [0.5, 0.6) is 0 Å². The number of para-hydroxylation sites is 1. The minimum absolute atomic E-state index is 0.0612. The quantitative estimate of drug-likeness (QED) is 0.797. The molecule has 0 aromatic heterocycles. The van der Waals surface area contributed by atoms with Crippen molar-refractivity contribution in [3.8, 4) is 0 Å². The van der Waals surface area contributed by atoms with Crippen molar-refractivity contribution in [2.45, 2.75) is 45.1 Å². The van der Waals surface area contributed by atoms with Crippen LogP contribution in [0, 0.1) is 5.92 Å². The van der Waals surface area contributed by atoms with Crippen molar-refractivity contribution < 1.29 is 14.7 Å². The average molecular weight is 290 g/mol. The van der Waals surface area contributed by atoms with Crippen LogP contribution in [0.15, 0.2) is 24.3 Å². The Hall–Kier alpha value is -2.04. The number of benzene rings is 1. The van der Waals surface area contributed by atoms with E-state index in [0.717, 1.165) is 18.4 Å². The molecule has 1 fully saturated rings. The Morgan fingerprint density at radius 3 is 2.38 bits per heavy atom. The number of urea groups is 1. The second-order valence-electron chi connectivity index (χ2n) is 6.55. The van der Waals surface area contributed by atoms with Crippen molar-refractivity contribution in [1.82, 2.24) is 5.32 Å². The molecule has 1 aliphatic carbocycles. The summed E-state index contributed by atoms with van der Waals surface area (Å²) in [5.74, 6) is -0.914. The third kappa shape index (κ3) is 3.97. The van der Waals surface area contributed by atoms with E-state index in [-0.39, 0.29) is 11.3 Å². The molecular formula is C16H22N2O3. The van der Waals surface area contributed by atoms with Crippen LogP contribution in [0.3, 0.4) is 0 Å². The zero-order chi connectivity index (χ0) is 15.6. The first-order valence-electron chi connectivity index (χ1n) is 7.19. The second-order valence-corrected chi connectivity index (χ2v) is 6.55. The molecule has 5 nitrogen and oxygen atoms in total. The summed E-state index contributed by atoms with van der Waals surface area (Å²) in [5.41, 5.74) is 1.62. The molecule has 3 N–H and O–H groups in total. The largest absolute Gasteiger partial charge is 0.480 e. The van der Waals surface area contributed by atoms with Gasteiger partial charge in [0.25, 0.3) is 0 Å². The molecule has 1 aliphatic rings. The Bertz CT molecular complexity index is 545. The van der Waals surface area contributed by atoms with E-state index in [4.69, 9.17) is 5.11 Å². The van der Waals surface area contributed by atoms with Gasteiger partial charge in [0.15, 0.2) is 0 Å². The van der Waals surface area contributed by atoms with Crippen LogP contribution in [0.2, 0.25) is 0 Å². The number of carboxylic acid groups (broad SMARTS) is 1. The smallest absolute Gasteiger partial charge is 0.326 e. The Morgan fingerprint density at radius 2 is 1.86 bits per heavy atom. The van der Waals surface area contributed by atoms with Crippen LogP contribution in [-0.2, 0) is 10.2 Å². The number of aliphatic carboxylic acids is 1. The highest BCUT2D eigenvalue weighted by Crippen LogP contribution is 2.33. The van der Waals surface area contributed by atoms with Gasteiger partial charge >= 0.3 is 12.0 Å². The molecule has 1 aromatic carbocycles. The van der Waals surface area contributed by atoms with E-state index in [2.05, 4.69) is 31.4 Å². The van der Waals surface area contributed by atoms with Gasteiger partial charge in [0.1, 0.15) is 6.04 Å². The molecule has 1 atom stereocenters. The minimum Gasteiger partial charge on any atom is -0.480 e. The summed E-state index contributed by atoms with van der Waals surface area (Å²) in [6, 6.07) is 6.30. The molecule has 0 aliphatic heterocycles. The molecule has 114 valence electrons. The fourth-order valence-electron chi connectivity index (χ4n) is 2.36. The molecule has 0 bridgehead atoms. The maximum atomic E-state index is 12.1. The molecule has 0 saturated heterocycles. The maximum Gasteiger partial charge on any atom is 0.326 e. The molecule has 2 amide bonds. The van der Waals surface area contributed by atoms with Crippen molar-refractivity contribution in [2.24, 2.45) is 5.92 Å². The van der Waals surface area contributed by atoms with Gasteiger partial charge in [0.05, 0.1) is 0 Å². The van der Waals surface area contributed by atoms with E-state index in [1.165, 1.54) is 0 Å². The first-order chi connectivity index (χ1) is 9.79. The predicted molar refractivity (Wildman–Crippen MR) is 81.4 cm³/mol. The van der Waals surface area contributed by atoms with Gasteiger partial charge in [-0.25, -0.2) is 9.59 Å². The van der Waals surface area contributed by atoms with Gasteiger partial charge in [0.2, 0.25) is 0 Å². The van der Waals surface area contributed by atoms with Gasteiger partial charge in [-0.3, -0.25) is 0 Å². The Balaban J connectivity index is 2.08. The molecule has 0 radical (unpaired) electrons. The standard InChI is InChI=1S/C16H22N2O3/c1-16(2,3)11-6-4-5-7-12(11)17-15(21)18-13(14(19)20)10-8-9-10/h4-7,10,13H,8-9H2,1-3H3,(H,19,20)(H2,17,18,21). The van der Waals surface area contributed by atoms with E-state index < -0.39 is 18.0 Å². The lowest BCUT2D eigenvalue weighted by Gasteiger charge is -2.23. The molecule has 0 heterocycles. The molecule has 1 aromatic rings. The van der Waals surface area contributed by atoms with E-state index >= 15 is 0 Å².